The molecular weight excluding hydrogens is 234 g/mol. The maximum absolute atomic E-state index is 5.82. The Hall–Kier alpha value is -1.14. The van der Waals surface area contributed by atoms with Crippen LogP contribution in [0.5, 0.6) is 0 Å². The Kier molecular flexibility index (Phi) is 2.56. The minimum absolute atomic E-state index is 0.308. The lowest BCUT2D eigenvalue weighted by Gasteiger charge is -2.38. The molecular formula is C11H16N5S. The van der Waals surface area contributed by atoms with Gasteiger partial charge in [-0.1, -0.05) is 18.3 Å². The lowest BCUT2D eigenvalue weighted by Crippen LogP contribution is -2.42. The Morgan fingerprint density at radius 2 is 2.29 bits per heavy atom. The van der Waals surface area contributed by atoms with Crippen molar-refractivity contribution in [3.05, 3.63) is 6.20 Å². The van der Waals surface area contributed by atoms with E-state index >= 15 is 0 Å². The number of nitrogens with zero attached hydrogens (tertiary/aromatic N) is 3. The first-order valence-electron chi connectivity index (χ1n) is 5.88. The Balaban J connectivity index is 1.76. The van der Waals surface area contributed by atoms with Gasteiger partial charge in [-0.2, -0.15) is 5.10 Å². The average Bonchev–Trinajstić information content (AvgIpc) is 2.90. The standard InChI is InChI=1S/C11H16N5S/c1-11(7-12)2-4-16(5-3-11)10-14-8-6-13-15-9(8)17-10/h2-5,7,12H2,1H3,(H,13,15). The number of fused-ring (bicyclic) bond motifs is 1. The maximum Gasteiger partial charge on any atom is 0.188 e. The minimum atomic E-state index is 0.308. The van der Waals surface area contributed by atoms with Gasteiger partial charge in [0.25, 0.3) is 0 Å². The Bertz CT molecular complexity index is 480. The highest BCUT2D eigenvalue weighted by Crippen LogP contribution is 2.34. The molecule has 6 heteroatoms. The number of thiazole rings is 1. The number of anilines is 1. The third kappa shape index (κ3) is 1.91. The highest BCUT2D eigenvalue weighted by molar-refractivity contribution is 7.21. The van der Waals surface area contributed by atoms with Crippen molar-refractivity contribution in [2.45, 2.75) is 19.8 Å². The molecule has 0 unspecified atom stereocenters. The predicted octanol–water partition coefficient (Wildman–Crippen LogP) is 1.38. The summed E-state index contributed by atoms with van der Waals surface area (Å²) in [5.41, 5.74) is 6.97. The van der Waals surface area contributed by atoms with Crippen molar-refractivity contribution in [1.29, 1.82) is 0 Å². The van der Waals surface area contributed by atoms with Crippen LogP contribution in [0.2, 0.25) is 0 Å². The van der Waals surface area contributed by atoms with Gasteiger partial charge in [0.2, 0.25) is 0 Å². The van der Waals surface area contributed by atoms with Crippen LogP contribution < -0.4 is 10.6 Å². The summed E-state index contributed by atoms with van der Waals surface area (Å²) >= 11 is 1.65. The van der Waals surface area contributed by atoms with E-state index in [1.54, 1.807) is 11.3 Å². The molecule has 5 nitrogen and oxygen atoms in total. The quantitative estimate of drug-likeness (QED) is 0.845. The van der Waals surface area contributed by atoms with Crippen molar-refractivity contribution in [2.24, 2.45) is 11.1 Å². The first kappa shape index (κ1) is 11.0. The minimum Gasteiger partial charge on any atom is -0.348 e. The molecule has 17 heavy (non-hydrogen) atoms. The largest absolute Gasteiger partial charge is 0.348 e. The van der Waals surface area contributed by atoms with Gasteiger partial charge < -0.3 is 10.6 Å². The number of aromatic amines is 1. The van der Waals surface area contributed by atoms with Crippen molar-refractivity contribution in [3.8, 4) is 0 Å². The third-order valence-corrected chi connectivity index (χ3v) is 4.69. The monoisotopic (exact) mass is 250 g/mol. The Labute approximate surface area is 104 Å². The molecule has 91 valence electrons. The van der Waals surface area contributed by atoms with E-state index in [4.69, 9.17) is 5.73 Å². The van der Waals surface area contributed by atoms with Gasteiger partial charge in [-0.05, 0) is 24.8 Å². The van der Waals surface area contributed by atoms with E-state index in [1.165, 1.54) is 0 Å². The van der Waals surface area contributed by atoms with E-state index in [0.29, 0.717) is 5.41 Å². The second-order valence-electron chi connectivity index (χ2n) is 5.01. The molecule has 0 saturated carbocycles. The van der Waals surface area contributed by atoms with Crippen molar-refractivity contribution in [1.82, 2.24) is 15.2 Å². The highest BCUT2D eigenvalue weighted by atomic mass is 32.1. The van der Waals surface area contributed by atoms with Crippen LogP contribution >= 0.6 is 11.3 Å². The molecule has 0 spiro atoms. The van der Waals surface area contributed by atoms with E-state index in [2.05, 4.69) is 33.2 Å². The topological polar surface area (TPSA) is 70.8 Å². The maximum atomic E-state index is 5.82. The molecule has 3 N–H and O–H groups in total. The summed E-state index contributed by atoms with van der Waals surface area (Å²) in [5.74, 6) is 0. The fraction of sp³-hybridized carbons (Fsp3) is 0.636. The van der Waals surface area contributed by atoms with Gasteiger partial charge in [-0.3, -0.25) is 5.10 Å². The smallest absolute Gasteiger partial charge is 0.188 e. The molecule has 0 amide bonds. The van der Waals surface area contributed by atoms with Gasteiger partial charge >= 0.3 is 0 Å². The normalized spacial score (nSPS) is 20.0. The van der Waals surface area contributed by atoms with E-state index in [9.17, 15) is 0 Å². The molecule has 3 rings (SSSR count). The average molecular weight is 250 g/mol. The van der Waals surface area contributed by atoms with Gasteiger partial charge in [0.05, 0.1) is 0 Å². The zero-order chi connectivity index (χ0) is 11.9. The van der Waals surface area contributed by atoms with E-state index in [-0.39, 0.29) is 0 Å². The fourth-order valence-corrected chi connectivity index (χ4v) is 3.08. The Morgan fingerprint density at radius 3 is 2.94 bits per heavy atom. The first-order chi connectivity index (χ1) is 8.20. The summed E-state index contributed by atoms with van der Waals surface area (Å²) in [6.07, 6.45) is 5.13. The van der Waals surface area contributed by atoms with E-state index in [1.807, 2.05) is 0 Å². The van der Waals surface area contributed by atoms with Crippen LogP contribution in [0.3, 0.4) is 0 Å². The number of aromatic nitrogens is 3. The van der Waals surface area contributed by atoms with Crippen LogP contribution in [0, 0.1) is 11.6 Å². The molecule has 1 radical (unpaired) electrons. The summed E-state index contributed by atoms with van der Waals surface area (Å²) < 4.78 is 0. The van der Waals surface area contributed by atoms with Crippen molar-refractivity contribution >= 4 is 26.8 Å². The summed E-state index contributed by atoms with van der Waals surface area (Å²) in [7, 11) is 0. The highest BCUT2D eigenvalue weighted by Gasteiger charge is 2.29. The summed E-state index contributed by atoms with van der Waals surface area (Å²) in [5, 5.41) is 7.83. The number of H-pyrrole nitrogens is 1. The van der Waals surface area contributed by atoms with Crippen LogP contribution in [0.4, 0.5) is 5.13 Å². The molecule has 0 aliphatic carbocycles. The number of nitrogens with two attached hydrogens (primary N) is 1. The molecule has 1 fully saturated rings. The van der Waals surface area contributed by atoms with Crippen LogP contribution in [-0.4, -0.2) is 34.8 Å². The van der Waals surface area contributed by atoms with E-state index < -0.39 is 0 Å². The van der Waals surface area contributed by atoms with Crippen molar-refractivity contribution in [2.75, 3.05) is 24.5 Å². The summed E-state index contributed by atoms with van der Waals surface area (Å²) in [6.45, 7) is 5.12. The zero-order valence-electron chi connectivity index (χ0n) is 9.86. The van der Waals surface area contributed by atoms with Gasteiger partial charge in [-0.25, -0.2) is 4.98 Å². The van der Waals surface area contributed by atoms with Crippen LogP contribution in [0.15, 0.2) is 0 Å². The molecule has 2 aromatic heterocycles. The second-order valence-corrected chi connectivity index (χ2v) is 5.99. The van der Waals surface area contributed by atoms with Crippen molar-refractivity contribution < 1.29 is 0 Å². The van der Waals surface area contributed by atoms with Crippen LogP contribution in [-0.2, 0) is 0 Å². The molecule has 3 heterocycles. The molecule has 2 aromatic rings. The molecule has 0 atom stereocenters. The predicted molar refractivity (Wildman–Crippen MR) is 69.2 cm³/mol. The van der Waals surface area contributed by atoms with Crippen LogP contribution in [0.1, 0.15) is 19.8 Å². The fourth-order valence-electron chi connectivity index (χ4n) is 2.17. The first-order valence-corrected chi connectivity index (χ1v) is 6.69. The number of hydrogen-bond acceptors (Lipinski definition) is 5. The number of piperidine rings is 1. The third-order valence-electron chi connectivity index (χ3n) is 3.67. The summed E-state index contributed by atoms with van der Waals surface area (Å²) in [6, 6.07) is 0. The number of hydrogen-bond donors (Lipinski definition) is 2. The van der Waals surface area contributed by atoms with Crippen molar-refractivity contribution in [3.63, 3.8) is 0 Å². The number of nitrogens with one attached hydrogen (secondary N) is 1. The molecule has 1 aliphatic rings. The van der Waals surface area contributed by atoms with E-state index in [0.717, 1.165) is 48.0 Å². The SMILES string of the molecule is CC1(CN)CCN(c2nc3[c]n[nH]c3s2)CC1. The molecule has 1 saturated heterocycles. The summed E-state index contributed by atoms with van der Waals surface area (Å²) in [4.78, 5) is 7.88. The van der Waals surface area contributed by atoms with Crippen LogP contribution in [0.25, 0.3) is 10.3 Å². The van der Waals surface area contributed by atoms with Gasteiger partial charge in [-0.15, -0.1) is 0 Å². The molecule has 1 aliphatic heterocycles. The van der Waals surface area contributed by atoms with Gasteiger partial charge in [0.1, 0.15) is 16.5 Å². The second kappa shape index (κ2) is 3.96. The van der Waals surface area contributed by atoms with Gasteiger partial charge in [0, 0.05) is 13.1 Å². The Morgan fingerprint density at radius 1 is 1.53 bits per heavy atom. The molecule has 0 aromatic carbocycles. The lowest BCUT2D eigenvalue weighted by atomic mass is 9.81. The molecule has 0 bridgehead atoms. The zero-order valence-corrected chi connectivity index (χ0v) is 10.7. The van der Waals surface area contributed by atoms with Gasteiger partial charge in [0.15, 0.2) is 5.13 Å². The number of rotatable bonds is 2. The lowest BCUT2D eigenvalue weighted by molar-refractivity contribution is 0.258.